The molecule has 5 aromatic rings. The molecule has 0 bridgehead atoms. The van der Waals surface area contributed by atoms with Gasteiger partial charge in [0, 0.05) is 40.5 Å². The molecule has 0 amide bonds. The number of nitrogens with zero attached hydrogens (tertiary/aromatic N) is 3. The Hall–Kier alpha value is -4.00. The molecule has 1 aromatic carbocycles. The SMILES string of the molecule is O=S(=O)([NH2+]c1nccs1)c1ccc(Oc2cnc(-c3ccc(F)nc3)cc2-c2ccoc2)c(F)c1. The van der Waals surface area contributed by atoms with Crippen LogP contribution in [0.25, 0.3) is 22.4 Å². The van der Waals surface area contributed by atoms with Gasteiger partial charge >= 0.3 is 10.0 Å². The number of nitrogens with two attached hydrogens (primary N) is 1. The summed E-state index contributed by atoms with van der Waals surface area (Å²) in [5.41, 5.74) is 2.22. The summed E-state index contributed by atoms with van der Waals surface area (Å²) in [6.45, 7) is 0. The van der Waals surface area contributed by atoms with E-state index in [0.717, 1.165) is 22.1 Å². The third-order valence-corrected chi connectivity index (χ3v) is 7.20. The molecule has 0 saturated heterocycles. The number of thiazole rings is 1. The zero-order valence-electron chi connectivity index (χ0n) is 17.6. The van der Waals surface area contributed by atoms with Crippen molar-refractivity contribution in [2.45, 2.75) is 4.90 Å². The number of quaternary nitrogens is 1. The van der Waals surface area contributed by atoms with Gasteiger partial charge in [-0.15, -0.1) is 0 Å². The number of hydrogen-bond acceptors (Lipinski definition) is 8. The molecule has 4 heterocycles. The van der Waals surface area contributed by atoms with E-state index < -0.39 is 21.8 Å². The van der Waals surface area contributed by atoms with E-state index in [1.165, 1.54) is 55.4 Å². The van der Waals surface area contributed by atoms with Crippen molar-refractivity contribution in [2.75, 3.05) is 0 Å². The second-order valence-corrected chi connectivity index (χ2v) is 9.90. The fourth-order valence-corrected chi connectivity index (χ4v) is 5.18. The van der Waals surface area contributed by atoms with Crippen molar-refractivity contribution in [2.24, 2.45) is 0 Å². The van der Waals surface area contributed by atoms with Crippen LogP contribution in [0.15, 0.2) is 88.3 Å². The molecule has 0 aliphatic rings. The van der Waals surface area contributed by atoms with E-state index >= 15 is 0 Å². The van der Waals surface area contributed by atoms with Gasteiger partial charge in [-0.05, 0) is 36.4 Å². The molecule has 2 N–H and O–H groups in total. The Morgan fingerprint density at radius 3 is 2.51 bits per heavy atom. The van der Waals surface area contributed by atoms with Gasteiger partial charge in [0.25, 0.3) is 5.13 Å². The largest absolute Gasteiger partial charge is 0.472 e. The van der Waals surface area contributed by atoms with Gasteiger partial charge in [0.05, 0.1) is 24.4 Å². The monoisotopic (exact) mass is 513 g/mol. The lowest BCUT2D eigenvalue weighted by Gasteiger charge is -2.13. The summed E-state index contributed by atoms with van der Waals surface area (Å²) in [4.78, 5) is 11.7. The van der Waals surface area contributed by atoms with E-state index in [9.17, 15) is 17.2 Å². The number of aromatic nitrogens is 3. The molecule has 0 aliphatic heterocycles. The zero-order chi connectivity index (χ0) is 24.4. The Morgan fingerprint density at radius 1 is 0.943 bits per heavy atom. The van der Waals surface area contributed by atoms with Crippen molar-refractivity contribution in [3.63, 3.8) is 0 Å². The van der Waals surface area contributed by atoms with Crippen molar-refractivity contribution in [3.05, 3.63) is 90.7 Å². The van der Waals surface area contributed by atoms with Gasteiger partial charge in [0.1, 0.15) is 4.90 Å². The second kappa shape index (κ2) is 9.33. The summed E-state index contributed by atoms with van der Waals surface area (Å²) >= 11 is 1.15. The van der Waals surface area contributed by atoms with E-state index in [4.69, 9.17) is 9.15 Å². The Bertz CT molecular complexity index is 1570. The predicted molar refractivity (Wildman–Crippen MR) is 122 cm³/mol. The number of sulfonamides is 1. The number of ether oxygens (including phenoxy) is 1. The topological polar surface area (TPSA) is 112 Å². The van der Waals surface area contributed by atoms with Crippen molar-refractivity contribution >= 4 is 26.5 Å². The minimum absolute atomic E-state index is 0.194. The summed E-state index contributed by atoms with van der Waals surface area (Å²) in [5.74, 6) is -1.48. The first-order valence-electron chi connectivity index (χ1n) is 10.0. The number of benzene rings is 1. The van der Waals surface area contributed by atoms with E-state index in [-0.39, 0.29) is 21.5 Å². The number of furan rings is 1. The number of hydrogen-bond donors (Lipinski definition) is 1. The lowest BCUT2D eigenvalue weighted by atomic mass is 10.1. The molecule has 0 fully saturated rings. The molecule has 5 rings (SSSR count). The highest BCUT2D eigenvalue weighted by Crippen LogP contribution is 2.36. The highest BCUT2D eigenvalue weighted by Gasteiger charge is 2.23. The Balaban J connectivity index is 1.47. The summed E-state index contributed by atoms with van der Waals surface area (Å²) in [5, 5.41) is 1.93. The van der Waals surface area contributed by atoms with Crippen LogP contribution in [-0.4, -0.2) is 23.4 Å². The van der Waals surface area contributed by atoms with Crippen LogP contribution in [0.1, 0.15) is 0 Å². The lowest BCUT2D eigenvalue weighted by molar-refractivity contribution is -0.397. The molecule has 4 aromatic heterocycles. The van der Waals surface area contributed by atoms with Gasteiger partial charge in [-0.2, -0.15) is 22.5 Å². The van der Waals surface area contributed by atoms with Crippen molar-refractivity contribution in [1.82, 2.24) is 15.0 Å². The van der Waals surface area contributed by atoms with E-state index in [1.807, 2.05) is 0 Å². The van der Waals surface area contributed by atoms with Crippen molar-refractivity contribution in [3.8, 4) is 33.9 Å². The first kappa shape index (κ1) is 22.8. The molecule has 0 atom stereocenters. The molecular formula is C23H15F2N4O4S2+. The Kier molecular flexibility index (Phi) is 6.07. The molecule has 176 valence electrons. The van der Waals surface area contributed by atoms with Gasteiger partial charge in [-0.1, -0.05) is 11.3 Å². The molecule has 0 unspecified atom stereocenters. The highest BCUT2D eigenvalue weighted by molar-refractivity contribution is 7.85. The number of primary sulfonamides is 1. The quantitative estimate of drug-likeness (QED) is 0.319. The number of rotatable bonds is 7. The van der Waals surface area contributed by atoms with E-state index in [0.29, 0.717) is 22.4 Å². The maximum absolute atomic E-state index is 14.9. The standard InChI is InChI=1S/C23H14F2N4O4S2/c24-18-9-16(35(30,31)29-23-26-6-8-34-23)2-3-20(18)33-21-12-27-19(14-1-4-22(25)28-11-14)10-17(21)15-5-7-32-13-15/h1-13H,(H,26,29)/p+1. The molecule has 0 radical (unpaired) electrons. The van der Waals surface area contributed by atoms with Crippen molar-refractivity contribution < 1.29 is 31.1 Å². The second-order valence-electron chi connectivity index (χ2n) is 7.17. The van der Waals surface area contributed by atoms with Gasteiger partial charge in [0.15, 0.2) is 17.3 Å². The number of pyridine rings is 2. The average molecular weight is 514 g/mol. The fraction of sp³-hybridized carbons (Fsp3) is 0. The maximum Gasteiger partial charge on any atom is 0.330 e. The first-order chi connectivity index (χ1) is 16.9. The van der Waals surface area contributed by atoms with E-state index in [1.54, 1.807) is 17.5 Å². The molecular weight excluding hydrogens is 498 g/mol. The average Bonchev–Trinajstić information content (AvgIpc) is 3.55. The lowest BCUT2D eigenvalue weighted by Crippen LogP contribution is -2.81. The third-order valence-electron chi connectivity index (χ3n) is 4.88. The fourth-order valence-electron chi connectivity index (χ4n) is 3.21. The Morgan fingerprint density at radius 2 is 1.83 bits per heavy atom. The highest BCUT2D eigenvalue weighted by atomic mass is 32.2. The van der Waals surface area contributed by atoms with Crippen LogP contribution in [0.5, 0.6) is 11.5 Å². The van der Waals surface area contributed by atoms with Crippen LogP contribution in [0, 0.1) is 11.8 Å². The van der Waals surface area contributed by atoms with E-state index in [2.05, 4.69) is 15.0 Å². The van der Waals surface area contributed by atoms with Gasteiger partial charge in [-0.3, -0.25) is 4.98 Å². The van der Waals surface area contributed by atoms with Crippen LogP contribution in [0.4, 0.5) is 13.9 Å². The molecule has 0 spiro atoms. The minimum Gasteiger partial charge on any atom is -0.472 e. The molecule has 35 heavy (non-hydrogen) atoms. The first-order valence-corrected chi connectivity index (χ1v) is 12.4. The van der Waals surface area contributed by atoms with Gasteiger partial charge in [-0.25, -0.2) is 9.37 Å². The third kappa shape index (κ3) is 4.94. The normalized spacial score (nSPS) is 11.5. The maximum atomic E-state index is 14.9. The van der Waals surface area contributed by atoms with Crippen molar-refractivity contribution in [1.29, 1.82) is 0 Å². The van der Waals surface area contributed by atoms with Gasteiger partial charge < -0.3 is 9.15 Å². The molecule has 12 heteroatoms. The summed E-state index contributed by atoms with van der Waals surface area (Å²) in [7, 11) is -3.91. The van der Waals surface area contributed by atoms with Crippen LogP contribution in [0.3, 0.4) is 0 Å². The van der Waals surface area contributed by atoms with Crippen LogP contribution >= 0.6 is 11.3 Å². The zero-order valence-corrected chi connectivity index (χ0v) is 19.3. The minimum atomic E-state index is -3.91. The molecule has 0 aliphatic carbocycles. The summed E-state index contributed by atoms with van der Waals surface area (Å²) in [6.07, 6.45) is 7.17. The summed E-state index contributed by atoms with van der Waals surface area (Å²) in [6, 6.07) is 9.49. The smallest absolute Gasteiger partial charge is 0.330 e. The summed E-state index contributed by atoms with van der Waals surface area (Å²) < 4.78 is 65.2. The number of halogens is 2. The van der Waals surface area contributed by atoms with Crippen LogP contribution in [0.2, 0.25) is 0 Å². The van der Waals surface area contributed by atoms with Gasteiger partial charge in [0.2, 0.25) is 5.95 Å². The predicted octanol–water partition coefficient (Wildman–Crippen LogP) is 4.51. The van der Waals surface area contributed by atoms with Crippen LogP contribution in [-0.2, 0) is 10.0 Å². The Labute approximate surface area is 202 Å². The van der Waals surface area contributed by atoms with Crippen LogP contribution < -0.4 is 9.46 Å². The molecule has 0 saturated carbocycles. The molecule has 8 nitrogen and oxygen atoms in total.